The van der Waals surface area contributed by atoms with Gasteiger partial charge in [-0.3, -0.25) is 4.68 Å². The third-order valence-electron chi connectivity index (χ3n) is 2.96. The molecule has 0 atom stereocenters. The van der Waals surface area contributed by atoms with Gasteiger partial charge in [0.2, 0.25) is 5.28 Å². The molecule has 0 aliphatic heterocycles. The maximum absolute atomic E-state index is 5.96. The fourth-order valence-electron chi connectivity index (χ4n) is 1.93. The van der Waals surface area contributed by atoms with Crippen LogP contribution in [0.25, 0.3) is 11.0 Å². The first-order valence-electron chi connectivity index (χ1n) is 5.83. The Kier molecular flexibility index (Phi) is 2.83. The molecule has 0 bridgehead atoms. The minimum Gasteiger partial charge on any atom is -0.339 e. The lowest BCUT2D eigenvalue weighted by Gasteiger charge is -2.09. The first kappa shape index (κ1) is 11.9. The van der Waals surface area contributed by atoms with E-state index in [1.54, 1.807) is 10.9 Å². The number of halogens is 1. The van der Waals surface area contributed by atoms with Crippen LogP contribution >= 0.6 is 11.6 Å². The molecule has 5 nitrogen and oxygen atoms in total. The second kappa shape index (κ2) is 4.51. The number of nitrogens with one attached hydrogen (secondary N) is 1. The van der Waals surface area contributed by atoms with Crippen LogP contribution in [0.3, 0.4) is 0 Å². The molecule has 0 spiro atoms. The van der Waals surface area contributed by atoms with Crippen LogP contribution in [0.4, 0.5) is 11.5 Å². The Labute approximate surface area is 115 Å². The first-order valence-corrected chi connectivity index (χ1v) is 6.21. The van der Waals surface area contributed by atoms with Gasteiger partial charge in [-0.1, -0.05) is 18.2 Å². The van der Waals surface area contributed by atoms with Gasteiger partial charge >= 0.3 is 0 Å². The molecule has 2 heterocycles. The molecule has 19 heavy (non-hydrogen) atoms. The van der Waals surface area contributed by atoms with Crippen LogP contribution in [0.2, 0.25) is 5.28 Å². The molecule has 6 heteroatoms. The SMILES string of the molecule is Cc1ccccc1Nc1nc(Cl)nc2c1cnn2C. The van der Waals surface area contributed by atoms with Gasteiger partial charge in [-0.15, -0.1) is 0 Å². The normalized spacial score (nSPS) is 10.9. The van der Waals surface area contributed by atoms with E-state index < -0.39 is 0 Å². The van der Waals surface area contributed by atoms with Gasteiger partial charge in [0.1, 0.15) is 5.82 Å². The number of aromatic nitrogens is 4. The maximum atomic E-state index is 5.96. The van der Waals surface area contributed by atoms with Crippen molar-refractivity contribution >= 4 is 34.1 Å². The van der Waals surface area contributed by atoms with Crippen LogP contribution in [-0.4, -0.2) is 19.7 Å². The van der Waals surface area contributed by atoms with E-state index in [9.17, 15) is 0 Å². The van der Waals surface area contributed by atoms with Crippen molar-refractivity contribution in [3.05, 3.63) is 41.3 Å². The van der Waals surface area contributed by atoms with Crippen molar-refractivity contribution in [1.82, 2.24) is 19.7 Å². The highest BCUT2D eigenvalue weighted by Crippen LogP contribution is 2.26. The van der Waals surface area contributed by atoms with Crippen LogP contribution in [0.5, 0.6) is 0 Å². The van der Waals surface area contributed by atoms with Crippen LogP contribution in [0.15, 0.2) is 30.5 Å². The zero-order chi connectivity index (χ0) is 13.4. The zero-order valence-corrected chi connectivity index (χ0v) is 11.3. The molecule has 3 rings (SSSR count). The highest BCUT2D eigenvalue weighted by Gasteiger charge is 2.11. The second-order valence-corrected chi connectivity index (χ2v) is 4.62. The summed E-state index contributed by atoms with van der Waals surface area (Å²) < 4.78 is 1.67. The highest BCUT2D eigenvalue weighted by atomic mass is 35.5. The van der Waals surface area contributed by atoms with Crippen LogP contribution in [0.1, 0.15) is 5.56 Å². The predicted molar refractivity (Wildman–Crippen MR) is 75.8 cm³/mol. The Bertz CT molecular complexity index is 750. The van der Waals surface area contributed by atoms with Crippen molar-refractivity contribution in [2.24, 2.45) is 7.05 Å². The van der Waals surface area contributed by atoms with Gasteiger partial charge in [-0.05, 0) is 30.2 Å². The van der Waals surface area contributed by atoms with Crippen molar-refractivity contribution in [2.45, 2.75) is 6.92 Å². The van der Waals surface area contributed by atoms with Crippen molar-refractivity contribution in [3.63, 3.8) is 0 Å². The Morgan fingerprint density at radius 2 is 2.00 bits per heavy atom. The summed E-state index contributed by atoms with van der Waals surface area (Å²) >= 11 is 5.96. The molecule has 1 aromatic carbocycles. The van der Waals surface area contributed by atoms with Crippen LogP contribution in [-0.2, 0) is 7.05 Å². The molecule has 0 amide bonds. The molecule has 3 aromatic rings. The number of anilines is 2. The topological polar surface area (TPSA) is 55.6 Å². The third-order valence-corrected chi connectivity index (χ3v) is 3.13. The average molecular weight is 274 g/mol. The smallest absolute Gasteiger partial charge is 0.226 e. The van der Waals surface area contributed by atoms with Crippen LogP contribution in [0, 0.1) is 6.92 Å². The van der Waals surface area contributed by atoms with Gasteiger partial charge in [0, 0.05) is 12.7 Å². The van der Waals surface area contributed by atoms with Gasteiger partial charge in [-0.25, -0.2) is 0 Å². The van der Waals surface area contributed by atoms with Gasteiger partial charge in [0.15, 0.2) is 5.65 Å². The van der Waals surface area contributed by atoms with E-state index in [1.165, 1.54) is 0 Å². The summed E-state index contributed by atoms with van der Waals surface area (Å²) in [6.07, 6.45) is 1.73. The van der Waals surface area contributed by atoms with Crippen LogP contribution < -0.4 is 5.32 Å². The number of hydrogen-bond donors (Lipinski definition) is 1. The Morgan fingerprint density at radius 3 is 2.79 bits per heavy atom. The van der Waals surface area contributed by atoms with E-state index >= 15 is 0 Å². The van der Waals surface area contributed by atoms with E-state index in [0.717, 1.165) is 16.6 Å². The lowest BCUT2D eigenvalue weighted by molar-refractivity contribution is 0.785. The van der Waals surface area contributed by atoms with Crippen molar-refractivity contribution < 1.29 is 0 Å². The van der Waals surface area contributed by atoms with E-state index in [2.05, 4.69) is 20.4 Å². The number of fused-ring (bicyclic) bond motifs is 1. The fraction of sp³-hybridized carbons (Fsp3) is 0.154. The molecule has 0 fully saturated rings. The third kappa shape index (κ3) is 2.13. The molecule has 96 valence electrons. The molecule has 0 saturated carbocycles. The highest BCUT2D eigenvalue weighted by molar-refractivity contribution is 6.28. The van der Waals surface area contributed by atoms with Crippen molar-refractivity contribution in [2.75, 3.05) is 5.32 Å². The summed E-state index contributed by atoms with van der Waals surface area (Å²) in [6, 6.07) is 7.99. The Balaban J connectivity index is 2.13. The number of para-hydroxylation sites is 1. The average Bonchev–Trinajstić information content (AvgIpc) is 2.74. The molecular weight excluding hydrogens is 262 g/mol. The van der Waals surface area contributed by atoms with Gasteiger partial charge < -0.3 is 5.32 Å². The monoisotopic (exact) mass is 273 g/mol. The molecule has 0 unspecified atom stereocenters. The molecule has 0 radical (unpaired) electrons. The predicted octanol–water partition coefficient (Wildman–Crippen LogP) is 3.07. The van der Waals surface area contributed by atoms with Crippen molar-refractivity contribution in [1.29, 1.82) is 0 Å². The summed E-state index contributed by atoms with van der Waals surface area (Å²) in [5.41, 5.74) is 2.83. The van der Waals surface area contributed by atoms with E-state index in [-0.39, 0.29) is 5.28 Å². The van der Waals surface area contributed by atoms with E-state index in [4.69, 9.17) is 11.6 Å². The second-order valence-electron chi connectivity index (χ2n) is 4.29. The maximum Gasteiger partial charge on any atom is 0.226 e. The lowest BCUT2D eigenvalue weighted by Crippen LogP contribution is -1.99. The number of aryl methyl sites for hydroxylation is 2. The number of nitrogens with zero attached hydrogens (tertiary/aromatic N) is 4. The summed E-state index contributed by atoms with van der Waals surface area (Å²) in [5, 5.41) is 8.50. The quantitative estimate of drug-likeness (QED) is 0.729. The van der Waals surface area contributed by atoms with Gasteiger partial charge in [0.25, 0.3) is 0 Å². The summed E-state index contributed by atoms with van der Waals surface area (Å²) in [5.74, 6) is 0.664. The Hall–Kier alpha value is -2.14. The number of benzene rings is 1. The van der Waals surface area contributed by atoms with E-state index in [1.807, 2.05) is 38.2 Å². The zero-order valence-electron chi connectivity index (χ0n) is 10.6. The van der Waals surface area contributed by atoms with Gasteiger partial charge in [0.05, 0.1) is 11.6 Å². The summed E-state index contributed by atoms with van der Waals surface area (Å²) in [6.45, 7) is 2.03. The number of hydrogen-bond acceptors (Lipinski definition) is 4. The molecule has 0 aliphatic rings. The minimum atomic E-state index is 0.201. The molecular formula is C13H12ClN5. The molecule has 2 aromatic heterocycles. The fourth-order valence-corrected chi connectivity index (χ4v) is 2.10. The minimum absolute atomic E-state index is 0.201. The first-order chi connectivity index (χ1) is 9.15. The number of rotatable bonds is 2. The summed E-state index contributed by atoms with van der Waals surface area (Å²) in [7, 11) is 1.82. The van der Waals surface area contributed by atoms with Crippen molar-refractivity contribution in [3.8, 4) is 0 Å². The lowest BCUT2D eigenvalue weighted by atomic mass is 10.2. The Morgan fingerprint density at radius 1 is 1.21 bits per heavy atom. The molecule has 0 saturated heterocycles. The largest absolute Gasteiger partial charge is 0.339 e. The van der Waals surface area contributed by atoms with E-state index in [0.29, 0.717) is 11.5 Å². The standard InChI is InChI=1S/C13H12ClN5/c1-8-5-3-4-6-10(8)16-11-9-7-15-19(2)12(9)18-13(14)17-11/h3-7H,1-2H3,(H,16,17,18). The summed E-state index contributed by atoms with van der Waals surface area (Å²) in [4.78, 5) is 8.42. The molecule has 1 N–H and O–H groups in total. The molecule has 0 aliphatic carbocycles. The van der Waals surface area contributed by atoms with Gasteiger partial charge in [-0.2, -0.15) is 15.1 Å².